The lowest BCUT2D eigenvalue weighted by Gasteiger charge is -2.19. The molecule has 0 radical (unpaired) electrons. The van der Waals surface area contributed by atoms with Gasteiger partial charge in [0.05, 0.1) is 0 Å². The van der Waals surface area contributed by atoms with Gasteiger partial charge in [0.15, 0.2) is 5.76 Å². The largest absolute Gasteiger partial charge is 0.458 e. The van der Waals surface area contributed by atoms with E-state index >= 15 is 0 Å². The molecule has 4 nitrogen and oxygen atoms in total. The van der Waals surface area contributed by atoms with Gasteiger partial charge in [-0.15, -0.1) is 0 Å². The molecule has 1 aromatic rings. The molecule has 1 N–H and O–H groups in total. The second-order valence-corrected chi connectivity index (χ2v) is 4.44. The molecule has 82 valence electrons. The molecule has 4 heteroatoms. The summed E-state index contributed by atoms with van der Waals surface area (Å²) in [5, 5.41) is 2.58. The van der Waals surface area contributed by atoms with E-state index in [0.717, 1.165) is 0 Å². The van der Waals surface area contributed by atoms with E-state index in [2.05, 4.69) is 5.32 Å². The zero-order chi connectivity index (χ0) is 11.6. The number of nitrogens with one attached hydrogen (secondary N) is 1. The predicted octanol–water partition coefficient (Wildman–Crippen LogP) is 1.69. The molecule has 1 amide bonds. The molecule has 0 bridgehead atoms. The summed E-state index contributed by atoms with van der Waals surface area (Å²) in [6.07, 6.45) is 0. The van der Waals surface area contributed by atoms with Crippen molar-refractivity contribution >= 4 is 11.7 Å². The topological polar surface area (TPSA) is 59.3 Å². The molecule has 1 rings (SSSR count). The monoisotopic (exact) mass is 209 g/mol. The first kappa shape index (κ1) is 11.5. The molecule has 0 spiro atoms. The number of amides is 1. The van der Waals surface area contributed by atoms with Gasteiger partial charge < -0.3 is 9.73 Å². The number of hydrogen-bond donors (Lipinski definition) is 1. The Morgan fingerprint density at radius 2 is 1.87 bits per heavy atom. The van der Waals surface area contributed by atoms with Crippen LogP contribution in [0.15, 0.2) is 16.5 Å². The van der Waals surface area contributed by atoms with Crippen LogP contribution in [0.2, 0.25) is 0 Å². The highest BCUT2D eigenvalue weighted by Gasteiger charge is 2.23. The van der Waals surface area contributed by atoms with Crippen molar-refractivity contribution in [1.29, 1.82) is 0 Å². The van der Waals surface area contributed by atoms with Gasteiger partial charge in [0.2, 0.25) is 0 Å². The predicted molar refractivity (Wildman–Crippen MR) is 55.7 cm³/mol. The normalized spacial score (nSPS) is 11.2. The lowest BCUT2D eigenvalue weighted by atomic mass is 10.1. The summed E-state index contributed by atoms with van der Waals surface area (Å²) in [4.78, 5) is 23.0. The van der Waals surface area contributed by atoms with Crippen molar-refractivity contribution in [3.8, 4) is 0 Å². The van der Waals surface area contributed by atoms with Crippen molar-refractivity contribution in [3.63, 3.8) is 0 Å². The number of rotatable bonds is 2. The highest BCUT2D eigenvalue weighted by molar-refractivity contribution is 6.42. The maximum atomic E-state index is 11.5. The fraction of sp³-hybridized carbons (Fsp3) is 0.455. The van der Waals surface area contributed by atoms with Gasteiger partial charge in [-0.1, -0.05) is 0 Å². The van der Waals surface area contributed by atoms with Crippen LogP contribution in [0.5, 0.6) is 0 Å². The number of hydrogen-bond acceptors (Lipinski definition) is 3. The highest BCUT2D eigenvalue weighted by Crippen LogP contribution is 2.08. The number of ketones is 1. The highest BCUT2D eigenvalue weighted by atomic mass is 16.3. The number of carbonyl (C=O) groups excluding carboxylic acids is 2. The van der Waals surface area contributed by atoms with E-state index in [-0.39, 0.29) is 5.76 Å². The van der Waals surface area contributed by atoms with Gasteiger partial charge in [-0.3, -0.25) is 9.59 Å². The summed E-state index contributed by atoms with van der Waals surface area (Å²) >= 11 is 0. The summed E-state index contributed by atoms with van der Waals surface area (Å²) in [6.45, 7) is 7.15. The Kier molecular flexibility index (Phi) is 2.98. The second kappa shape index (κ2) is 3.88. The van der Waals surface area contributed by atoms with E-state index in [1.54, 1.807) is 13.0 Å². The first-order valence-corrected chi connectivity index (χ1v) is 4.73. The third-order valence-corrected chi connectivity index (χ3v) is 1.66. The molecule has 0 saturated heterocycles. The van der Waals surface area contributed by atoms with E-state index in [0.29, 0.717) is 5.76 Å². The van der Waals surface area contributed by atoms with Crippen molar-refractivity contribution in [2.24, 2.45) is 0 Å². The quantitative estimate of drug-likeness (QED) is 0.595. The minimum absolute atomic E-state index is 0.0780. The summed E-state index contributed by atoms with van der Waals surface area (Å²) in [5.74, 6) is -0.592. The fourth-order valence-electron chi connectivity index (χ4n) is 1.07. The van der Waals surface area contributed by atoms with Crippen molar-refractivity contribution in [3.05, 3.63) is 23.7 Å². The standard InChI is InChI=1S/C11H15NO3/c1-7-5-6-8(15-7)9(13)10(14)12-11(2,3)4/h5-6H,1-4H3,(H,12,14). The zero-order valence-electron chi connectivity index (χ0n) is 9.38. The number of aryl methyl sites for hydroxylation is 1. The summed E-state index contributed by atoms with van der Waals surface area (Å²) in [6, 6.07) is 3.15. The van der Waals surface area contributed by atoms with Gasteiger partial charge >= 0.3 is 0 Å². The summed E-state index contributed by atoms with van der Waals surface area (Å²) in [5.41, 5.74) is -0.422. The van der Waals surface area contributed by atoms with Gasteiger partial charge in [0, 0.05) is 5.54 Å². The minimum Gasteiger partial charge on any atom is -0.458 e. The van der Waals surface area contributed by atoms with Gasteiger partial charge in [0.25, 0.3) is 11.7 Å². The number of carbonyl (C=O) groups is 2. The molecule has 1 aromatic heterocycles. The van der Waals surface area contributed by atoms with Crippen LogP contribution in [0, 0.1) is 6.92 Å². The van der Waals surface area contributed by atoms with Crippen LogP contribution in [0.4, 0.5) is 0 Å². The second-order valence-electron chi connectivity index (χ2n) is 4.44. The fourth-order valence-corrected chi connectivity index (χ4v) is 1.07. The van der Waals surface area contributed by atoms with Crippen LogP contribution in [0.3, 0.4) is 0 Å². The Hall–Kier alpha value is -1.58. The van der Waals surface area contributed by atoms with Crippen LogP contribution in [0.1, 0.15) is 37.1 Å². The average molecular weight is 209 g/mol. The Morgan fingerprint density at radius 1 is 1.27 bits per heavy atom. The molecule has 15 heavy (non-hydrogen) atoms. The van der Waals surface area contributed by atoms with Crippen LogP contribution < -0.4 is 5.32 Å². The molecule has 0 saturated carbocycles. The zero-order valence-corrected chi connectivity index (χ0v) is 9.38. The maximum absolute atomic E-state index is 11.5. The third kappa shape index (κ3) is 3.23. The van der Waals surface area contributed by atoms with E-state index < -0.39 is 17.2 Å². The maximum Gasteiger partial charge on any atom is 0.296 e. The lowest BCUT2D eigenvalue weighted by molar-refractivity contribution is -0.118. The molecular weight excluding hydrogens is 194 g/mol. The smallest absolute Gasteiger partial charge is 0.296 e. The van der Waals surface area contributed by atoms with E-state index in [1.807, 2.05) is 20.8 Å². The summed E-state index contributed by atoms with van der Waals surface area (Å²) in [7, 11) is 0. The molecule has 0 aromatic carbocycles. The van der Waals surface area contributed by atoms with Crippen molar-refractivity contribution in [1.82, 2.24) is 5.32 Å². The van der Waals surface area contributed by atoms with Gasteiger partial charge in [-0.2, -0.15) is 0 Å². The minimum atomic E-state index is -0.642. The van der Waals surface area contributed by atoms with Crippen molar-refractivity contribution < 1.29 is 14.0 Å². The van der Waals surface area contributed by atoms with Crippen molar-refractivity contribution in [2.45, 2.75) is 33.2 Å². The van der Waals surface area contributed by atoms with Crippen molar-refractivity contribution in [2.75, 3.05) is 0 Å². The molecule has 0 aliphatic rings. The SMILES string of the molecule is Cc1ccc(C(=O)C(=O)NC(C)(C)C)o1. The van der Waals surface area contributed by atoms with Crippen LogP contribution in [-0.4, -0.2) is 17.2 Å². The number of Topliss-reactive ketones (excluding diaryl/α,β-unsaturated/α-hetero) is 1. The molecule has 0 unspecified atom stereocenters. The van der Waals surface area contributed by atoms with Crippen LogP contribution in [-0.2, 0) is 4.79 Å². The third-order valence-electron chi connectivity index (χ3n) is 1.66. The lowest BCUT2D eigenvalue weighted by Crippen LogP contribution is -2.44. The molecule has 0 fully saturated rings. The molecular formula is C11H15NO3. The first-order valence-electron chi connectivity index (χ1n) is 4.73. The summed E-state index contributed by atoms with van der Waals surface area (Å²) < 4.78 is 5.07. The first-order chi connectivity index (χ1) is 6.79. The van der Waals surface area contributed by atoms with Crippen LogP contribution >= 0.6 is 0 Å². The average Bonchev–Trinajstić information content (AvgIpc) is 2.47. The van der Waals surface area contributed by atoms with Gasteiger partial charge in [0.1, 0.15) is 5.76 Å². The molecule has 0 aliphatic heterocycles. The van der Waals surface area contributed by atoms with E-state index in [4.69, 9.17) is 4.42 Å². The van der Waals surface area contributed by atoms with E-state index in [9.17, 15) is 9.59 Å². The van der Waals surface area contributed by atoms with Gasteiger partial charge in [-0.25, -0.2) is 0 Å². The Labute approximate surface area is 88.7 Å². The van der Waals surface area contributed by atoms with E-state index in [1.165, 1.54) is 6.07 Å². The Morgan fingerprint density at radius 3 is 2.27 bits per heavy atom. The molecule has 1 heterocycles. The molecule has 0 aliphatic carbocycles. The van der Waals surface area contributed by atoms with Gasteiger partial charge in [-0.05, 0) is 39.8 Å². The Bertz CT molecular complexity index is 385. The Balaban J connectivity index is 2.74. The number of furan rings is 1. The molecule has 0 atom stereocenters. The van der Waals surface area contributed by atoms with Crippen LogP contribution in [0.25, 0.3) is 0 Å².